The van der Waals surface area contributed by atoms with Crippen LogP contribution in [0.15, 0.2) is 18.2 Å². The summed E-state index contributed by atoms with van der Waals surface area (Å²) in [5, 5.41) is 2.54. The van der Waals surface area contributed by atoms with Crippen LogP contribution >= 0.6 is 0 Å². The summed E-state index contributed by atoms with van der Waals surface area (Å²) in [5.41, 5.74) is 10.6. The Balaban J connectivity index is 2.72. The number of aryl methyl sites for hydroxylation is 1. The summed E-state index contributed by atoms with van der Waals surface area (Å²) < 4.78 is 38.1. The van der Waals surface area contributed by atoms with Crippen LogP contribution in [0.1, 0.15) is 34.3 Å². The zero-order valence-corrected chi connectivity index (χ0v) is 11.8. The zero-order chi connectivity index (χ0) is 16.0. The van der Waals surface area contributed by atoms with Crippen molar-refractivity contribution in [1.82, 2.24) is 5.32 Å². The number of hydrogen-bond acceptors (Lipinski definition) is 3. The SMILES string of the molecule is Cc1cc(C(=O)NC[C@@H](N)CCCN)cc(C(F)(F)F)c1. The fourth-order valence-electron chi connectivity index (χ4n) is 1.89. The Bertz CT molecular complexity index is 489. The molecule has 5 N–H and O–H groups in total. The molecular weight excluding hydrogens is 283 g/mol. The first-order valence-corrected chi connectivity index (χ1v) is 6.66. The summed E-state index contributed by atoms with van der Waals surface area (Å²) in [5.74, 6) is -0.563. The van der Waals surface area contributed by atoms with Crippen LogP contribution in [0.4, 0.5) is 13.2 Å². The van der Waals surface area contributed by atoms with Crippen LogP contribution in [-0.2, 0) is 6.18 Å². The molecule has 0 saturated heterocycles. The van der Waals surface area contributed by atoms with Crippen molar-refractivity contribution in [3.05, 3.63) is 34.9 Å². The van der Waals surface area contributed by atoms with Gasteiger partial charge in [-0.1, -0.05) is 0 Å². The predicted molar refractivity (Wildman–Crippen MR) is 74.8 cm³/mol. The van der Waals surface area contributed by atoms with Gasteiger partial charge in [0.2, 0.25) is 0 Å². The Morgan fingerprint density at radius 3 is 2.57 bits per heavy atom. The number of rotatable bonds is 6. The van der Waals surface area contributed by atoms with E-state index < -0.39 is 17.6 Å². The number of amides is 1. The lowest BCUT2D eigenvalue weighted by Gasteiger charge is -2.14. The van der Waals surface area contributed by atoms with E-state index in [1.807, 2.05) is 0 Å². The summed E-state index contributed by atoms with van der Waals surface area (Å²) in [6.45, 7) is 2.22. The van der Waals surface area contributed by atoms with Crippen molar-refractivity contribution >= 4 is 5.91 Å². The Hall–Kier alpha value is -1.60. The molecule has 0 aliphatic rings. The highest BCUT2D eigenvalue weighted by molar-refractivity contribution is 5.94. The molecule has 0 heterocycles. The van der Waals surface area contributed by atoms with Crippen molar-refractivity contribution in [3.63, 3.8) is 0 Å². The van der Waals surface area contributed by atoms with Crippen LogP contribution in [0.25, 0.3) is 0 Å². The van der Waals surface area contributed by atoms with Gasteiger partial charge in [-0.05, 0) is 50.1 Å². The van der Waals surface area contributed by atoms with Crippen LogP contribution in [0.2, 0.25) is 0 Å². The monoisotopic (exact) mass is 303 g/mol. The highest BCUT2D eigenvalue weighted by atomic mass is 19.4. The van der Waals surface area contributed by atoms with E-state index in [2.05, 4.69) is 5.32 Å². The molecule has 0 saturated carbocycles. The number of nitrogens with one attached hydrogen (secondary N) is 1. The first kappa shape index (κ1) is 17.5. The molecule has 118 valence electrons. The lowest BCUT2D eigenvalue weighted by molar-refractivity contribution is -0.137. The van der Waals surface area contributed by atoms with Gasteiger partial charge in [-0.25, -0.2) is 0 Å². The van der Waals surface area contributed by atoms with Crippen LogP contribution in [0.3, 0.4) is 0 Å². The van der Waals surface area contributed by atoms with E-state index in [0.29, 0.717) is 18.5 Å². The molecule has 1 amide bonds. The van der Waals surface area contributed by atoms with Crippen LogP contribution in [0.5, 0.6) is 0 Å². The number of benzene rings is 1. The molecule has 1 aromatic carbocycles. The molecule has 0 fully saturated rings. The maximum absolute atomic E-state index is 12.7. The average Bonchev–Trinajstić information content (AvgIpc) is 2.40. The molecule has 1 rings (SSSR count). The van der Waals surface area contributed by atoms with E-state index >= 15 is 0 Å². The van der Waals surface area contributed by atoms with Crippen LogP contribution in [-0.4, -0.2) is 25.0 Å². The molecule has 0 bridgehead atoms. The zero-order valence-electron chi connectivity index (χ0n) is 11.8. The number of hydrogen-bond donors (Lipinski definition) is 3. The number of halogens is 3. The van der Waals surface area contributed by atoms with Gasteiger partial charge in [0.15, 0.2) is 0 Å². The van der Waals surface area contributed by atoms with E-state index in [1.54, 1.807) is 0 Å². The van der Waals surface area contributed by atoms with Gasteiger partial charge in [-0.3, -0.25) is 4.79 Å². The van der Waals surface area contributed by atoms with Gasteiger partial charge in [0.05, 0.1) is 5.56 Å². The van der Waals surface area contributed by atoms with E-state index in [4.69, 9.17) is 11.5 Å². The third-order valence-electron chi connectivity index (χ3n) is 2.97. The number of alkyl halides is 3. The van der Waals surface area contributed by atoms with Gasteiger partial charge < -0.3 is 16.8 Å². The molecule has 21 heavy (non-hydrogen) atoms. The van der Waals surface area contributed by atoms with Gasteiger partial charge in [-0.2, -0.15) is 13.2 Å². The minimum atomic E-state index is -4.47. The maximum Gasteiger partial charge on any atom is 0.416 e. The lowest BCUT2D eigenvalue weighted by Crippen LogP contribution is -2.37. The molecule has 4 nitrogen and oxygen atoms in total. The molecule has 1 atom stereocenters. The quantitative estimate of drug-likeness (QED) is 0.749. The van der Waals surface area contributed by atoms with Crippen molar-refractivity contribution in [2.75, 3.05) is 13.1 Å². The normalized spacial score (nSPS) is 13.0. The highest BCUT2D eigenvalue weighted by Crippen LogP contribution is 2.30. The molecule has 0 aliphatic heterocycles. The van der Waals surface area contributed by atoms with Gasteiger partial charge in [0, 0.05) is 18.2 Å². The topological polar surface area (TPSA) is 81.1 Å². The van der Waals surface area contributed by atoms with Gasteiger partial charge in [0.25, 0.3) is 5.91 Å². The van der Waals surface area contributed by atoms with Crippen molar-refractivity contribution in [3.8, 4) is 0 Å². The Morgan fingerprint density at radius 2 is 2.00 bits per heavy atom. The average molecular weight is 303 g/mol. The van der Waals surface area contributed by atoms with Gasteiger partial charge in [0.1, 0.15) is 0 Å². The van der Waals surface area contributed by atoms with Crippen molar-refractivity contribution in [1.29, 1.82) is 0 Å². The smallest absolute Gasteiger partial charge is 0.350 e. The first-order chi connectivity index (χ1) is 9.74. The third kappa shape index (κ3) is 5.73. The standard InChI is InChI=1S/C14H20F3N3O/c1-9-5-10(7-11(6-9)14(15,16)17)13(21)20-8-12(19)3-2-4-18/h5-7,12H,2-4,8,18-19H2,1H3,(H,20,21)/t12-/m0/s1. The third-order valence-corrected chi connectivity index (χ3v) is 2.97. The van der Waals surface area contributed by atoms with E-state index in [0.717, 1.165) is 18.6 Å². The van der Waals surface area contributed by atoms with Crippen molar-refractivity contribution < 1.29 is 18.0 Å². The fourth-order valence-corrected chi connectivity index (χ4v) is 1.89. The van der Waals surface area contributed by atoms with Crippen LogP contribution in [0, 0.1) is 6.92 Å². The van der Waals surface area contributed by atoms with E-state index in [-0.39, 0.29) is 18.2 Å². The molecule has 0 radical (unpaired) electrons. The largest absolute Gasteiger partial charge is 0.416 e. The number of carbonyl (C=O) groups excluding carboxylic acids is 1. The highest BCUT2D eigenvalue weighted by Gasteiger charge is 2.31. The summed E-state index contributed by atoms with van der Waals surface area (Å²) in [7, 11) is 0. The van der Waals surface area contributed by atoms with E-state index in [1.165, 1.54) is 13.0 Å². The Morgan fingerprint density at radius 1 is 1.33 bits per heavy atom. The first-order valence-electron chi connectivity index (χ1n) is 6.66. The van der Waals surface area contributed by atoms with Gasteiger partial charge >= 0.3 is 6.18 Å². The summed E-state index contributed by atoms with van der Waals surface area (Å²) in [6, 6.07) is 3.00. The number of carbonyl (C=O) groups is 1. The van der Waals surface area contributed by atoms with Crippen molar-refractivity contribution in [2.45, 2.75) is 32.0 Å². The summed E-state index contributed by atoms with van der Waals surface area (Å²) in [6.07, 6.45) is -3.09. The number of nitrogens with two attached hydrogens (primary N) is 2. The summed E-state index contributed by atoms with van der Waals surface area (Å²) >= 11 is 0. The Labute approximate surface area is 121 Å². The fraction of sp³-hybridized carbons (Fsp3) is 0.500. The molecule has 0 aromatic heterocycles. The van der Waals surface area contributed by atoms with Crippen LogP contribution < -0.4 is 16.8 Å². The minimum absolute atomic E-state index is 0.0200. The second kappa shape index (κ2) is 7.42. The van der Waals surface area contributed by atoms with Crippen molar-refractivity contribution in [2.24, 2.45) is 11.5 Å². The minimum Gasteiger partial charge on any atom is -0.350 e. The lowest BCUT2D eigenvalue weighted by atomic mass is 10.1. The summed E-state index contributed by atoms with van der Waals surface area (Å²) in [4.78, 5) is 11.9. The molecule has 7 heteroatoms. The molecular formula is C14H20F3N3O. The second-order valence-electron chi connectivity index (χ2n) is 4.99. The predicted octanol–water partition coefficient (Wildman–Crippen LogP) is 1.81. The molecule has 0 unspecified atom stereocenters. The van der Waals surface area contributed by atoms with E-state index in [9.17, 15) is 18.0 Å². The molecule has 0 aliphatic carbocycles. The molecule has 1 aromatic rings. The Kier molecular flexibility index (Phi) is 6.17. The second-order valence-corrected chi connectivity index (χ2v) is 4.99. The maximum atomic E-state index is 12.7. The molecule has 0 spiro atoms. The van der Waals surface area contributed by atoms with Gasteiger partial charge in [-0.15, -0.1) is 0 Å².